The average Bonchev–Trinajstić information content (AvgIpc) is 2.22. The summed E-state index contributed by atoms with van der Waals surface area (Å²) < 4.78 is 4.95. The number of piperidine rings is 1. The van der Waals surface area contributed by atoms with E-state index in [1.54, 1.807) is 12.0 Å². The van der Waals surface area contributed by atoms with Crippen LogP contribution in [0.1, 0.15) is 20.3 Å². The number of hydrogen-bond donors (Lipinski definition) is 2. The summed E-state index contributed by atoms with van der Waals surface area (Å²) in [5.74, 6) is 0.278. The number of nitrogens with one attached hydrogen (secondary N) is 1. The van der Waals surface area contributed by atoms with Crippen LogP contribution in [0.25, 0.3) is 0 Å². The fourth-order valence-corrected chi connectivity index (χ4v) is 1.83. The molecule has 1 rings (SSSR count). The Bertz CT molecular complexity index is 235. The number of urea groups is 1. The number of likely N-dealkylation sites (tertiary alicyclic amines) is 1. The summed E-state index contributed by atoms with van der Waals surface area (Å²) in [5.41, 5.74) is 0. The molecule has 0 radical (unpaired) electrons. The molecule has 0 aliphatic carbocycles. The van der Waals surface area contributed by atoms with Gasteiger partial charge < -0.3 is 20.1 Å². The molecule has 1 aliphatic rings. The Kier molecular flexibility index (Phi) is 5.02. The van der Waals surface area contributed by atoms with Gasteiger partial charge in [-0.3, -0.25) is 0 Å². The quantitative estimate of drug-likeness (QED) is 0.739. The maximum absolute atomic E-state index is 11.8. The summed E-state index contributed by atoms with van der Waals surface area (Å²) in [6.45, 7) is 5.53. The van der Waals surface area contributed by atoms with Crippen molar-refractivity contribution in [3.05, 3.63) is 0 Å². The van der Waals surface area contributed by atoms with Gasteiger partial charge in [-0.25, -0.2) is 4.79 Å². The average molecular weight is 230 g/mol. The molecule has 1 heterocycles. The number of aliphatic hydroxyl groups is 1. The first kappa shape index (κ1) is 13.3. The largest absolute Gasteiger partial charge is 0.391 e. The Morgan fingerprint density at radius 3 is 2.94 bits per heavy atom. The molecule has 1 fully saturated rings. The molecule has 3 unspecified atom stereocenters. The minimum Gasteiger partial charge on any atom is -0.391 e. The molecular weight excluding hydrogens is 208 g/mol. The zero-order chi connectivity index (χ0) is 12.1. The number of β-amino-alcohol motifs (C(OH)–C–C–N with tert-alkyl or cyclic N) is 1. The van der Waals surface area contributed by atoms with Crippen LogP contribution in [0.4, 0.5) is 4.79 Å². The second-order valence-corrected chi connectivity index (χ2v) is 4.59. The summed E-state index contributed by atoms with van der Waals surface area (Å²) in [6, 6.07) is -0.121. The van der Waals surface area contributed by atoms with E-state index in [4.69, 9.17) is 4.74 Å². The van der Waals surface area contributed by atoms with Gasteiger partial charge in [0.05, 0.1) is 18.8 Å². The van der Waals surface area contributed by atoms with Crippen LogP contribution < -0.4 is 5.32 Å². The van der Waals surface area contributed by atoms with Crippen LogP contribution in [0.5, 0.6) is 0 Å². The third kappa shape index (κ3) is 3.64. The molecule has 0 aromatic heterocycles. The van der Waals surface area contributed by atoms with E-state index in [2.05, 4.69) is 5.32 Å². The smallest absolute Gasteiger partial charge is 0.317 e. The van der Waals surface area contributed by atoms with Crippen molar-refractivity contribution in [2.75, 3.05) is 26.8 Å². The van der Waals surface area contributed by atoms with Crippen LogP contribution in [-0.4, -0.2) is 55.0 Å². The van der Waals surface area contributed by atoms with Gasteiger partial charge in [0.15, 0.2) is 0 Å². The van der Waals surface area contributed by atoms with Crippen LogP contribution in [0.15, 0.2) is 0 Å². The number of carbonyl (C=O) groups is 1. The highest BCUT2D eigenvalue weighted by Crippen LogP contribution is 2.16. The van der Waals surface area contributed by atoms with E-state index in [0.717, 1.165) is 6.42 Å². The predicted molar refractivity (Wildman–Crippen MR) is 61.2 cm³/mol. The second kappa shape index (κ2) is 6.06. The van der Waals surface area contributed by atoms with Crippen molar-refractivity contribution in [2.24, 2.45) is 5.92 Å². The zero-order valence-corrected chi connectivity index (χ0v) is 10.3. The Morgan fingerprint density at radius 2 is 2.38 bits per heavy atom. The van der Waals surface area contributed by atoms with E-state index < -0.39 is 6.10 Å². The first-order valence-electron chi connectivity index (χ1n) is 5.77. The van der Waals surface area contributed by atoms with Crippen molar-refractivity contribution in [3.8, 4) is 0 Å². The minimum absolute atomic E-state index is 0.00556. The monoisotopic (exact) mass is 230 g/mol. The molecular formula is C11H22N2O3. The second-order valence-electron chi connectivity index (χ2n) is 4.59. The number of ether oxygens (including phenoxy) is 1. The predicted octanol–water partition coefficient (Wildman–Crippen LogP) is 0.434. The van der Waals surface area contributed by atoms with Crippen molar-refractivity contribution in [1.29, 1.82) is 0 Å². The minimum atomic E-state index is -0.405. The maximum Gasteiger partial charge on any atom is 0.317 e. The molecule has 16 heavy (non-hydrogen) atoms. The molecule has 1 saturated heterocycles. The van der Waals surface area contributed by atoms with Crippen LogP contribution in [0.2, 0.25) is 0 Å². The molecule has 0 spiro atoms. The SMILES string of the molecule is COCC(C)NC(=O)N1CCC(C)C(O)C1. The third-order valence-corrected chi connectivity index (χ3v) is 2.99. The van der Waals surface area contributed by atoms with Gasteiger partial charge in [-0.05, 0) is 19.3 Å². The highest BCUT2D eigenvalue weighted by molar-refractivity contribution is 5.74. The number of carbonyl (C=O) groups excluding carboxylic acids is 1. The maximum atomic E-state index is 11.8. The molecule has 0 saturated carbocycles. The summed E-state index contributed by atoms with van der Waals surface area (Å²) in [7, 11) is 1.61. The lowest BCUT2D eigenvalue weighted by molar-refractivity contribution is 0.0423. The Labute approximate surface area is 96.8 Å². The number of rotatable bonds is 3. The van der Waals surface area contributed by atoms with Crippen molar-refractivity contribution in [1.82, 2.24) is 10.2 Å². The molecule has 2 N–H and O–H groups in total. The van der Waals surface area contributed by atoms with E-state index in [9.17, 15) is 9.90 Å². The van der Waals surface area contributed by atoms with Gasteiger partial charge in [-0.15, -0.1) is 0 Å². The highest BCUT2D eigenvalue weighted by atomic mass is 16.5. The van der Waals surface area contributed by atoms with Crippen LogP contribution in [0.3, 0.4) is 0 Å². The summed E-state index contributed by atoms with van der Waals surface area (Å²) in [5, 5.41) is 12.5. The van der Waals surface area contributed by atoms with E-state index in [0.29, 0.717) is 19.7 Å². The number of amides is 2. The van der Waals surface area contributed by atoms with Crippen molar-refractivity contribution in [3.63, 3.8) is 0 Å². The van der Waals surface area contributed by atoms with Crippen molar-refractivity contribution < 1.29 is 14.6 Å². The van der Waals surface area contributed by atoms with Gasteiger partial charge in [0.25, 0.3) is 0 Å². The fourth-order valence-electron chi connectivity index (χ4n) is 1.83. The number of aliphatic hydroxyl groups excluding tert-OH is 1. The first-order chi connectivity index (χ1) is 7.54. The highest BCUT2D eigenvalue weighted by Gasteiger charge is 2.27. The molecule has 0 aromatic carbocycles. The number of methoxy groups -OCH3 is 1. The molecule has 0 aromatic rings. The first-order valence-corrected chi connectivity index (χ1v) is 5.77. The van der Waals surface area contributed by atoms with Gasteiger partial charge in [0, 0.05) is 20.2 Å². The molecule has 5 heteroatoms. The number of nitrogens with zero attached hydrogens (tertiary/aromatic N) is 1. The standard InChI is InChI=1S/C11H22N2O3/c1-8-4-5-13(6-10(8)14)11(15)12-9(2)7-16-3/h8-10,14H,4-7H2,1-3H3,(H,12,15). The van der Waals surface area contributed by atoms with E-state index in [1.807, 2.05) is 13.8 Å². The lowest BCUT2D eigenvalue weighted by Crippen LogP contribution is -2.52. The Balaban J connectivity index is 2.37. The topological polar surface area (TPSA) is 61.8 Å². The van der Waals surface area contributed by atoms with E-state index in [-0.39, 0.29) is 18.0 Å². The molecule has 5 nitrogen and oxygen atoms in total. The Morgan fingerprint density at radius 1 is 1.69 bits per heavy atom. The van der Waals surface area contributed by atoms with Gasteiger partial charge >= 0.3 is 6.03 Å². The normalized spacial score (nSPS) is 27.6. The molecule has 2 amide bonds. The van der Waals surface area contributed by atoms with Crippen molar-refractivity contribution >= 4 is 6.03 Å². The molecule has 1 aliphatic heterocycles. The summed E-state index contributed by atoms with van der Waals surface area (Å²) >= 11 is 0. The summed E-state index contributed by atoms with van der Waals surface area (Å²) in [6.07, 6.45) is 0.449. The van der Waals surface area contributed by atoms with Crippen LogP contribution in [-0.2, 0) is 4.74 Å². The zero-order valence-electron chi connectivity index (χ0n) is 10.3. The van der Waals surface area contributed by atoms with E-state index >= 15 is 0 Å². The van der Waals surface area contributed by atoms with Gasteiger partial charge in [-0.1, -0.05) is 6.92 Å². The van der Waals surface area contributed by atoms with Gasteiger partial charge in [0.2, 0.25) is 0 Å². The van der Waals surface area contributed by atoms with Gasteiger partial charge in [0.1, 0.15) is 0 Å². The molecule has 3 atom stereocenters. The Hall–Kier alpha value is -0.810. The van der Waals surface area contributed by atoms with Crippen molar-refractivity contribution in [2.45, 2.75) is 32.4 Å². The summed E-state index contributed by atoms with van der Waals surface area (Å²) in [4.78, 5) is 13.4. The van der Waals surface area contributed by atoms with Gasteiger partial charge in [-0.2, -0.15) is 0 Å². The molecule has 0 bridgehead atoms. The van der Waals surface area contributed by atoms with E-state index in [1.165, 1.54) is 0 Å². The number of hydrogen-bond acceptors (Lipinski definition) is 3. The van der Waals surface area contributed by atoms with Crippen LogP contribution >= 0.6 is 0 Å². The van der Waals surface area contributed by atoms with Crippen LogP contribution in [0, 0.1) is 5.92 Å². The lowest BCUT2D eigenvalue weighted by Gasteiger charge is -2.34. The molecule has 94 valence electrons. The fraction of sp³-hybridized carbons (Fsp3) is 0.909. The lowest BCUT2D eigenvalue weighted by atomic mass is 9.96. The third-order valence-electron chi connectivity index (χ3n) is 2.99.